The van der Waals surface area contributed by atoms with Crippen molar-refractivity contribution in [2.75, 3.05) is 19.5 Å². The second kappa shape index (κ2) is 10.9. The first-order valence-corrected chi connectivity index (χ1v) is 13.6. The Morgan fingerprint density at radius 2 is 1.72 bits per heavy atom. The zero-order valence-electron chi connectivity index (χ0n) is 21.6. The molecule has 7 nitrogen and oxygen atoms in total. The topological polar surface area (TPSA) is 89.5 Å². The maximum atomic E-state index is 13.2. The Morgan fingerprint density at radius 3 is 2.38 bits per heavy atom. The summed E-state index contributed by atoms with van der Waals surface area (Å²) < 4.78 is 24.1. The maximum absolute atomic E-state index is 13.2. The summed E-state index contributed by atoms with van der Waals surface area (Å²) in [4.78, 5) is 31.6. The van der Waals surface area contributed by atoms with Crippen molar-refractivity contribution in [1.82, 2.24) is 10.3 Å². The van der Waals surface area contributed by atoms with E-state index in [1.807, 2.05) is 31.2 Å². The van der Waals surface area contributed by atoms with E-state index in [4.69, 9.17) is 21.1 Å². The van der Waals surface area contributed by atoms with Gasteiger partial charge >= 0.3 is 0 Å². The zero-order chi connectivity index (χ0) is 27.7. The molecule has 1 fully saturated rings. The smallest absolute Gasteiger partial charge is 0.240 e. The van der Waals surface area contributed by atoms with Gasteiger partial charge in [-0.3, -0.25) is 14.6 Å². The van der Waals surface area contributed by atoms with E-state index in [-0.39, 0.29) is 5.25 Å². The molecule has 2 aromatic carbocycles. The van der Waals surface area contributed by atoms with Crippen molar-refractivity contribution in [1.29, 1.82) is 0 Å². The van der Waals surface area contributed by atoms with E-state index >= 15 is 0 Å². The van der Waals surface area contributed by atoms with E-state index in [1.165, 1.54) is 24.3 Å². The van der Waals surface area contributed by atoms with Crippen molar-refractivity contribution < 1.29 is 23.5 Å². The molecule has 5 rings (SSSR count). The summed E-state index contributed by atoms with van der Waals surface area (Å²) in [6.07, 6.45) is 4.99. The van der Waals surface area contributed by atoms with E-state index in [0.717, 1.165) is 21.4 Å². The van der Waals surface area contributed by atoms with Crippen molar-refractivity contribution in [2.45, 2.75) is 36.3 Å². The predicted molar refractivity (Wildman–Crippen MR) is 151 cm³/mol. The van der Waals surface area contributed by atoms with Gasteiger partial charge in [-0.05, 0) is 62.2 Å². The monoisotopic (exact) mass is 567 g/mol. The molecule has 1 heterocycles. The number of fused-ring (bicyclic) bond motifs is 1. The third-order valence-electron chi connectivity index (χ3n) is 6.98. The maximum Gasteiger partial charge on any atom is 0.240 e. The van der Waals surface area contributed by atoms with Crippen LogP contribution in [0, 0.1) is 11.2 Å². The molecule has 0 saturated heterocycles. The van der Waals surface area contributed by atoms with Crippen molar-refractivity contribution in [2.24, 2.45) is 5.41 Å². The van der Waals surface area contributed by atoms with Gasteiger partial charge in [-0.25, -0.2) is 4.39 Å². The SMILES string of the molecule is COc1cc2nccc(SC3CC(Cl)=C(NC(=O)C4(C(=O)Nc5ccc(F)cc5)CC4)C=C3C)c2cc1OC. The molecule has 2 aliphatic carbocycles. The molecule has 39 heavy (non-hydrogen) atoms. The van der Waals surface area contributed by atoms with Crippen molar-refractivity contribution in [3.63, 3.8) is 0 Å². The second-order valence-electron chi connectivity index (χ2n) is 9.55. The Hall–Kier alpha value is -3.56. The number of allylic oxidation sites excluding steroid dienone is 2. The number of carbonyl (C=O) groups excluding carboxylic acids is 2. The molecular formula is C29H27ClFN3O4S. The first-order chi connectivity index (χ1) is 18.7. The van der Waals surface area contributed by atoms with E-state index in [0.29, 0.717) is 47.2 Å². The molecule has 2 aliphatic rings. The fourth-order valence-electron chi connectivity index (χ4n) is 4.48. The van der Waals surface area contributed by atoms with E-state index in [9.17, 15) is 14.0 Å². The average Bonchev–Trinajstić information content (AvgIpc) is 3.74. The third kappa shape index (κ3) is 5.46. The Morgan fingerprint density at radius 1 is 1.05 bits per heavy atom. The number of methoxy groups -OCH3 is 2. The first kappa shape index (κ1) is 27.0. The van der Waals surface area contributed by atoms with Gasteiger partial charge in [-0.1, -0.05) is 17.2 Å². The molecule has 0 radical (unpaired) electrons. The number of halogens is 2. The summed E-state index contributed by atoms with van der Waals surface area (Å²) in [5.41, 5.74) is 1.60. The Labute approximate surface area is 234 Å². The quantitative estimate of drug-likeness (QED) is 0.316. The van der Waals surface area contributed by atoms with Crippen LogP contribution in [-0.4, -0.2) is 36.3 Å². The average molecular weight is 568 g/mol. The lowest BCUT2D eigenvalue weighted by molar-refractivity contribution is -0.133. The highest BCUT2D eigenvalue weighted by Crippen LogP contribution is 2.48. The van der Waals surface area contributed by atoms with E-state index < -0.39 is 23.0 Å². The lowest BCUT2D eigenvalue weighted by atomic mass is 10.0. The molecule has 2 amide bonds. The minimum Gasteiger partial charge on any atom is -0.493 e. The summed E-state index contributed by atoms with van der Waals surface area (Å²) >= 11 is 8.33. The number of pyridine rings is 1. The van der Waals surface area contributed by atoms with Crippen LogP contribution >= 0.6 is 23.4 Å². The van der Waals surface area contributed by atoms with Gasteiger partial charge in [0, 0.05) is 44.9 Å². The number of nitrogens with zero attached hydrogens (tertiary/aromatic N) is 1. The molecule has 0 spiro atoms. The molecule has 1 aromatic heterocycles. The molecule has 2 N–H and O–H groups in total. The van der Waals surface area contributed by atoms with Gasteiger partial charge in [0.25, 0.3) is 0 Å². The summed E-state index contributed by atoms with van der Waals surface area (Å²) in [5, 5.41) is 7.09. The molecular weight excluding hydrogens is 541 g/mol. The van der Waals surface area contributed by atoms with Crippen LogP contribution in [0.25, 0.3) is 10.9 Å². The van der Waals surface area contributed by atoms with E-state index in [2.05, 4.69) is 15.6 Å². The highest BCUT2D eigenvalue weighted by molar-refractivity contribution is 8.00. The number of ether oxygens (including phenoxy) is 2. The summed E-state index contributed by atoms with van der Waals surface area (Å²) in [5.74, 6) is 0.0219. The lowest BCUT2D eigenvalue weighted by Crippen LogP contribution is -2.40. The molecule has 3 aromatic rings. The van der Waals surface area contributed by atoms with Crippen molar-refractivity contribution >= 4 is 51.8 Å². The van der Waals surface area contributed by atoms with Gasteiger partial charge in [0.1, 0.15) is 11.2 Å². The van der Waals surface area contributed by atoms with Crippen LogP contribution in [0.5, 0.6) is 11.5 Å². The lowest BCUT2D eigenvalue weighted by Gasteiger charge is -2.25. The second-order valence-corrected chi connectivity index (χ2v) is 11.2. The molecule has 10 heteroatoms. The standard InChI is InChI=1S/C29H27ClFN3O4S/c1-16-12-22(34-28(36)29(9-10-29)27(35)33-18-6-4-17(31)5-7-18)20(30)14-26(16)39-25-8-11-32-21-15-24(38-3)23(37-2)13-19(21)25/h4-8,11-13,15,26H,9-10,14H2,1-3H3,(H,33,35)(H,34,36). The Balaban J connectivity index is 1.29. The molecule has 1 atom stereocenters. The minimum absolute atomic E-state index is 0.0357. The number of aromatic nitrogens is 1. The first-order valence-electron chi connectivity index (χ1n) is 12.4. The van der Waals surface area contributed by atoms with Gasteiger partial charge in [0.05, 0.1) is 25.4 Å². The van der Waals surface area contributed by atoms with Crippen LogP contribution in [-0.2, 0) is 9.59 Å². The number of hydrogen-bond acceptors (Lipinski definition) is 6. The van der Waals surface area contributed by atoms with Crippen LogP contribution < -0.4 is 20.1 Å². The zero-order valence-corrected chi connectivity index (χ0v) is 23.2. The number of nitrogens with one attached hydrogen (secondary N) is 2. The van der Waals surface area contributed by atoms with Crippen LogP contribution in [0.4, 0.5) is 10.1 Å². The highest BCUT2D eigenvalue weighted by Gasteiger charge is 2.56. The molecule has 1 saturated carbocycles. The molecule has 0 aliphatic heterocycles. The van der Waals surface area contributed by atoms with Crippen molar-refractivity contribution in [3.05, 3.63) is 76.9 Å². The van der Waals surface area contributed by atoms with Gasteiger partial charge in [-0.15, -0.1) is 11.8 Å². The normalized spacial score (nSPS) is 17.9. The van der Waals surface area contributed by atoms with Crippen LogP contribution in [0.1, 0.15) is 26.2 Å². The highest BCUT2D eigenvalue weighted by atomic mass is 35.5. The molecule has 1 unspecified atom stereocenters. The largest absolute Gasteiger partial charge is 0.493 e. The van der Waals surface area contributed by atoms with E-state index in [1.54, 1.807) is 32.2 Å². The fourth-order valence-corrected chi connectivity index (χ4v) is 6.07. The number of carbonyl (C=O) groups is 2. The van der Waals surface area contributed by atoms with Crippen LogP contribution in [0.2, 0.25) is 0 Å². The molecule has 202 valence electrons. The predicted octanol–water partition coefficient (Wildman–Crippen LogP) is 6.19. The summed E-state index contributed by atoms with van der Waals surface area (Å²) in [7, 11) is 3.19. The number of rotatable bonds is 8. The van der Waals surface area contributed by atoms with Crippen molar-refractivity contribution in [3.8, 4) is 11.5 Å². The van der Waals surface area contributed by atoms with Crippen LogP contribution in [0.3, 0.4) is 0 Å². The molecule has 0 bridgehead atoms. The van der Waals surface area contributed by atoms with Crippen LogP contribution in [0.15, 0.2) is 75.9 Å². The van der Waals surface area contributed by atoms with Gasteiger partial charge in [0.15, 0.2) is 11.5 Å². The van der Waals surface area contributed by atoms with Gasteiger partial charge in [-0.2, -0.15) is 0 Å². The fraction of sp³-hybridized carbons (Fsp3) is 0.276. The summed E-state index contributed by atoms with van der Waals surface area (Å²) in [6.45, 7) is 1.99. The number of anilines is 1. The summed E-state index contributed by atoms with van der Waals surface area (Å²) in [6, 6.07) is 11.2. The van der Waals surface area contributed by atoms with Gasteiger partial charge < -0.3 is 20.1 Å². The number of benzene rings is 2. The Bertz CT molecular complexity index is 1520. The minimum atomic E-state index is -1.16. The number of thioether (sulfide) groups is 1. The number of hydrogen-bond donors (Lipinski definition) is 2. The van der Waals surface area contributed by atoms with Gasteiger partial charge in [0.2, 0.25) is 11.8 Å². The number of amides is 2. The third-order valence-corrected chi connectivity index (χ3v) is 8.77. The Kier molecular flexibility index (Phi) is 7.55.